The van der Waals surface area contributed by atoms with Gasteiger partial charge >= 0.3 is 0 Å². The van der Waals surface area contributed by atoms with E-state index in [4.69, 9.17) is 4.74 Å². The molecule has 0 amide bonds. The maximum Gasteiger partial charge on any atom is 0.119 e. The number of halogens is 1. The zero-order chi connectivity index (χ0) is 27.0. The van der Waals surface area contributed by atoms with Gasteiger partial charge in [-0.25, -0.2) is 0 Å². The molecule has 2 heterocycles. The zero-order valence-electron chi connectivity index (χ0n) is 24.0. The van der Waals surface area contributed by atoms with E-state index in [1.54, 1.807) is 0 Å². The van der Waals surface area contributed by atoms with Crippen molar-refractivity contribution in [3.63, 3.8) is 0 Å². The molecule has 0 aliphatic carbocycles. The molecule has 41 heavy (non-hydrogen) atoms. The molecular formula is C36H42ClN3O. The van der Waals surface area contributed by atoms with Gasteiger partial charge < -0.3 is 19.1 Å². The largest absolute Gasteiger partial charge is 0.489 e. The predicted octanol–water partition coefficient (Wildman–Crippen LogP) is 7.83. The van der Waals surface area contributed by atoms with Gasteiger partial charge in [-0.2, -0.15) is 0 Å². The average molecular weight is 568 g/mol. The summed E-state index contributed by atoms with van der Waals surface area (Å²) in [7, 11) is 0. The molecule has 1 aliphatic heterocycles. The van der Waals surface area contributed by atoms with Crippen LogP contribution in [0.5, 0.6) is 5.75 Å². The van der Waals surface area contributed by atoms with Crippen LogP contribution >= 0.6 is 12.4 Å². The summed E-state index contributed by atoms with van der Waals surface area (Å²) in [5, 5.41) is 2.75. The van der Waals surface area contributed by atoms with Gasteiger partial charge in [0.05, 0.1) is 0 Å². The second kappa shape index (κ2) is 14.5. The van der Waals surface area contributed by atoms with Crippen LogP contribution in [0.15, 0.2) is 103 Å². The van der Waals surface area contributed by atoms with Crippen LogP contribution in [0, 0.1) is 0 Å². The fourth-order valence-corrected chi connectivity index (χ4v) is 6.09. The van der Waals surface area contributed by atoms with Gasteiger partial charge in [0.25, 0.3) is 0 Å². The lowest BCUT2D eigenvalue weighted by atomic mass is 10.1. The van der Waals surface area contributed by atoms with Gasteiger partial charge in [-0.3, -0.25) is 0 Å². The molecule has 0 spiro atoms. The van der Waals surface area contributed by atoms with Crippen LogP contribution in [0.2, 0.25) is 0 Å². The minimum absolute atomic E-state index is 0. The molecule has 0 bridgehead atoms. The summed E-state index contributed by atoms with van der Waals surface area (Å²) < 4.78 is 8.45. The molecule has 214 valence electrons. The van der Waals surface area contributed by atoms with Gasteiger partial charge in [-0.15, -0.1) is 12.4 Å². The predicted molar refractivity (Wildman–Crippen MR) is 174 cm³/mol. The summed E-state index contributed by atoms with van der Waals surface area (Å²) in [6.45, 7) is 8.89. The van der Waals surface area contributed by atoms with Crippen molar-refractivity contribution < 1.29 is 4.74 Å². The Hall–Kier alpha value is -3.31. The first-order chi connectivity index (χ1) is 19.8. The van der Waals surface area contributed by atoms with E-state index in [1.165, 1.54) is 91.5 Å². The first-order valence-electron chi connectivity index (χ1n) is 15.0. The van der Waals surface area contributed by atoms with Crippen LogP contribution in [0.25, 0.3) is 21.8 Å². The van der Waals surface area contributed by atoms with Crippen molar-refractivity contribution in [3.05, 3.63) is 114 Å². The Bertz CT molecular complexity index is 1440. The van der Waals surface area contributed by atoms with Gasteiger partial charge in [0.15, 0.2) is 0 Å². The van der Waals surface area contributed by atoms with Gasteiger partial charge in [0.2, 0.25) is 0 Å². The van der Waals surface area contributed by atoms with Crippen LogP contribution in [-0.4, -0.2) is 53.6 Å². The number of para-hydroxylation sites is 2. The summed E-state index contributed by atoms with van der Waals surface area (Å²) in [6.07, 6.45) is 4.82. The standard InChI is InChI=1S/C36H41N3O.ClH/c1-2-11-31(12-3-1)29-40-32-20-18-30(19-21-32)13-10-23-38-27-25-37(26-28-38)22-8-9-24-39-35-16-6-4-14-33(35)34-15-5-7-17-36(34)39;/h1-7,11-12,14-21H,8-10,13,22-29H2;1H. The molecule has 4 nitrogen and oxygen atoms in total. The Balaban J connectivity index is 0.00000337. The minimum atomic E-state index is 0. The van der Waals surface area contributed by atoms with Crippen LogP contribution in [0.1, 0.15) is 30.4 Å². The number of ether oxygens (including phenoxy) is 1. The number of hydrogen-bond donors (Lipinski definition) is 0. The van der Waals surface area contributed by atoms with Gasteiger partial charge in [0, 0.05) is 54.5 Å². The molecule has 1 saturated heterocycles. The maximum atomic E-state index is 5.93. The highest BCUT2D eigenvalue weighted by Crippen LogP contribution is 2.29. The first kappa shape index (κ1) is 29.2. The van der Waals surface area contributed by atoms with E-state index < -0.39 is 0 Å². The number of piperazine rings is 1. The van der Waals surface area contributed by atoms with E-state index >= 15 is 0 Å². The number of aromatic nitrogens is 1. The molecule has 1 fully saturated rings. The van der Waals surface area contributed by atoms with Crippen LogP contribution in [0.4, 0.5) is 0 Å². The summed E-state index contributed by atoms with van der Waals surface area (Å²) in [6, 6.07) is 36.7. The van der Waals surface area contributed by atoms with Crippen LogP contribution < -0.4 is 4.74 Å². The van der Waals surface area contributed by atoms with Gasteiger partial charge in [-0.05, 0) is 74.2 Å². The highest BCUT2D eigenvalue weighted by atomic mass is 35.5. The monoisotopic (exact) mass is 567 g/mol. The number of benzene rings is 4. The molecule has 0 radical (unpaired) electrons. The summed E-state index contributed by atoms with van der Waals surface area (Å²) in [5.74, 6) is 0.943. The lowest BCUT2D eigenvalue weighted by molar-refractivity contribution is 0.129. The third-order valence-corrected chi connectivity index (χ3v) is 8.36. The van der Waals surface area contributed by atoms with Crippen molar-refractivity contribution in [1.82, 2.24) is 14.4 Å². The Morgan fingerprint density at radius 2 is 1.05 bits per heavy atom. The maximum absolute atomic E-state index is 5.93. The average Bonchev–Trinajstić information content (AvgIpc) is 3.34. The third-order valence-electron chi connectivity index (χ3n) is 8.36. The molecule has 5 aromatic rings. The van der Waals surface area contributed by atoms with E-state index in [-0.39, 0.29) is 12.4 Å². The Morgan fingerprint density at radius 3 is 1.68 bits per heavy atom. The number of rotatable bonds is 12. The minimum Gasteiger partial charge on any atom is -0.489 e. The number of unbranched alkanes of at least 4 members (excludes halogenated alkanes) is 1. The topological polar surface area (TPSA) is 20.6 Å². The molecule has 1 aromatic heterocycles. The second-order valence-electron chi connectivity index (χ2n) is 11.1. The summed E-state index contributed by atoms with van der Waals surface area (Å²) in [5.41, 5.74) is 5.33. The van der Waals surface area contributed by atoms with Crippen LogP contribution in [-0.2, 0) is 19.6 Å². The molecule has 6 rings (SSSR count). The molecule has 0 unspecified atom stereocenters. The van der Waals surface area contributed by atoms with E-state index in [1.807, 2.05) is 6.07 Å². The number of fused-ring (bicyclic) bond motifs is 3. The molecule has 0 atom stereocenters. The molecule has 5 heteroatoms. The van der Waals surface area contributed by atoms with Crippen molar-refractivity contribution in [3.8, 4) is 5.75 Å². The number of hydrogen-bond acceptors (Lipinski definition) is 3. The van der Waals surface area contributed by atoms with Crippen molar-refractivity contribution in [1.29, 1.82) is 0 Å². The van der Waals surface area contributed by atoms with Crippen LogP contribution in [0.3, 0.4) is 0 Å². The fourth-order valence-electron chi connectivity index (χ4n) is 6.09. The number of aryl methyl sites for hydroxylation is 2. The van der Waals surface area contributed by atoms with E-state index in [2.05, 4.69) is 111 Å². The van der Waals surface area contributed by atoms with Crippen molar-refractivity contribution in [2.45, 2.75) is 38.8 Å². The molecule has 1 aliphatic rings. The zero-order valence-corrected chi connectivity index (χ0v) is 24.8. The van der Waals surface area contributed by atoms with E-state index in [9.17, 15) is 0 Å². The lowest BCUT2D eigenvalue weighted by Crippen LogP contribution is -2.46. The third kappa shape index (κ3) is 7.51. The summed E-state index contributed by atoms with van der Waals surface area (Å²) >= 11 is 0. The Labute approximate surface area is 250 Å². The van der Waals surface area contributed by atoms with Crippen molar-refractivity contribution in [2.75, 3.05) is 39.3 Å². The number of nitrogens with zero attached hydrogens (tertiary/aromatic N) is 3. The smallest absolute Gasteiger partial charge is 0.119 e. The molecular weight excluding hydrogens is 526 g/mol. The van der Waals surface area contributed by atoms with Gasteiger partial charge in [0.1, 0.15) is 12.4 Å². The normalized spacial score (nSPS) is 14.3. The molecule has 0 N–H and O–H groups in total. The summed E-state index contributed by atoms with van der Waals surface area (Å²) in [4.78, 5) is 5.31. The Kier molecular flexibility index (Phi) is 10.4. The lowest BCUT2D eigenvalue weighted by Gasteiger charge is -2.34. The van der Waals surface area contributed by atoms with Gasteiger partial charge in [-0.1, -0.05) is 78.9 Å². The van der Waals surface area contributed by atoms with E-state index in [0.29, 0.717) is 6.61 Å². The fraction of sp³-hybridized carbons (Fsp3) is 0.333. The van der Waals surface area contributed by atoms with Crippen molar-refractivity contribution in [2.24, 2.45) is 0 Å². The van der Waals surface area contributed by atoms with E-state index in [0.717, 1.165) is 18.7 Å². The first-order valence-corrected chi connectivity index (χ1v) is 15.0. The molecule has 0 saturated carbocycles. The highest BCUT2D eigenvalue weighted by Gasteiger charge is 2.16. The van der Waals surface area contributed by atoms with Crippen molar-refractivity contribution >= 4 is 34.2 Å². The molecule has 4 aromatic carbocycles. The second-order valence-corrected chi connectivity index (χ2v) is 11.1. The Morgan fingerprint density at radius 1 is 0.512 bits per heavy atom. The highest BCUT2D eigenvalue weighted by molar-refractivity contribution is 6.07. The SMILES string of the molecule is Cl.c1ccc(COc2ccc(CCCN3CCN(CCCCn4c5ccccc5c5ccccc54)CC3)cc2)cc1. The quantitative estimate of drug-likeness (QED) is 0.143.